The number of rotatable bonds is 10. The van der Waals surface area contributed by atoms with Crippen molar-refractivity contribution in [2.75, 3.05) is 12.3 Å². The molecule has 3 aromatic carbocycles. The quantitative estimate of drug-likeness (QED) is 0.172. The fourth-order valence-electron chi connectivity index (χ4n) is 3.85. The van der Waals surface area contributed by atoms with Crippen molar-refractivity contribution in [1.29, 1.82) is 0 Å². The highest BCUT2D eigenvalue weighted by Crippen LogP contribution is 2.36. The molecule has 0 fully saturated rings. The lowest BCUT2D eigenvalue weighted by Gasteiger charge is -2.11. The van der Waals surface area contributed by atoms with Crippen molar-refractivity contribution in [3.05, 3.63) is 95.0 Å². The van der Waals surface area contributed by atoms with Gasteiger partial charge in [0.2, 0.25) is 0 Å². The molecule has 0 bridgehead atoms. The van der Waals surface area contributed by atoms with Crippen LogP contribution in [0, 0.1) is 0 Å². The molecule has 0 atom stereocenters. The summed E-state index contributed by atoms with van der Waals surface area (Å²) in [5.74, 6) is 0.919. The van der Waals surface area contributed by atoms with Gasteiger partial charge in [-0.3, -0.25) is 4.79 Å². The summed E-state index contributed by atoms with van der Waals surface area (Å²) in [6, 6.07) is 28.4. The molecule has 0 saturated heterocycles. The number of nitrogens with zero attached hydrogens (tertiary/aromatic N) is 2. The van der Waals surface area contributed by atoms with Crippen LogP contribution in [-0.4, -0.2) is 27.8 Å². The second kappa shape index (κ2) is 12.0. The molecule has 4 nitrogen and oxygen atoms in total. The molecule has 0 spiro atoms. The maximum Gasteiger partial charge on any atom is 0.251 e. The Morgan fingerprint density at radius 3 is 2.32 bits per heavy atom. The Morgan fingerprint density at radius 1 is 0.941 bits per heavy atom. The van der Waals surface area contributed by atoms with E-state index in [0.29, 0.717) is 12.1 Å². The van der Waals surface area contributed by atoms with Crippen molar-refractivity contribution in [2.24, 2.45) is 0 Å². The van der Waals surface area contributed by atoms with Crippen LogP contribution in [-0.2, 0) is 6.54 Å². The third-order valence-electron chi connectivity index (χ3n) is 5.52. The first-order valence-corrected chi connectivity index (χ1v) is 13.3. The maximum atomic E-state index is 12.3. The van der Waals surface area contributed by atoms with E-state index in [0.717, 1.165) is 51.7 Å². The topological polar surface area (TPSA) is 46.9 Å². The smallest absolute Gasteiger partial charge is 0.251 e. The summed E-state index contributed by atoms with van der Waals surface area (Å²) in [7, 11) is 0. The Balaban J connectivity index is 1.40. The molecule has 4 rings (SSSR count). The van der Waals surface area contributed by atoms with E-state index in [4.69, 9.17) is 4.98 Å². The second-order valence-corrected chi connectivity index (χ2v) is 9.87. The molecule has 0 aliphatic carbocycles. The third-order valence-corrected chi connectivity index (χ3v) is 7.07. The Morgan fingerprint density at radius 2 is 1.65 bits per heavy atom. The number of thioether (sulfide) groups is 1. The SMILES string of the molecule is CCn1c(SCCCCNC(=O)c2cccc(Br)c2)nc(-c2ccccc2)c1-c1ccccc1. The van der Waals surface area contributed by atoms with Gasteiger partial charge in [-0.1, -0.05) is 94.4 Å². The number of hydrogen-bond acceptors (Lipinski definition) is 3. The van der Waals surface area contributed by atoms with Crippen LogP contribution in [0.4, 0.5) is 0 Å². The molecule has 0 radical (unpaired) electrons. The normalized spacial score (nSPS) is 10.9. The summed E-state index contributed by atoms with van der Waals surface area (Å²) in [5, 5.41) is 4.05. The summed E-state index contributed by atoms with van der Waals surface area (Å²) in [6.07, 6.45) is 1.93. The highest BCUT2D eigenvalue weighted by molar-refractivity contribution is 9.10. The lowest BCUT2D eigenvalue weighted by Crippen LogP contribution is -2.24. The van der Waals surface area contributed by atoms with Crippen LogP contribution in [0.2, 0.25) is 0 Å². The molecular weight excluding hydrogens is 506 g/mol. The summed E-state index contributed by atoms with van der Waals surface area (Å²) in [5.41, 5.74) is 5.18. The van der Waals surface area contributed by atoms with Gasteiger partial charge < -0.3 is 9.88 Å². The number of aromatic nitrogens is 2. The molecule has 6 heteroatoms. The number of nitrogens with one attached hydrogen (secondary N) is 1. The van der Waals surface area contributed by atoms with Crippen molar-refractivity contribution >= 4 is 33.6 Å². The molecular formula is C28H28BrN3OS. The Hall–Kier alpha value is -2.83. The van der Waals surface area contributed by atoms with Crippen molar-refractivity contribution in [3.8, 4) is 22.5 Å². The summed E-state index contributed by atoms with van der Waals surface area (Å²) < 4.78 is 3.23. The van der Waals surface area contributed by atoms with Gasteiger partial charge in [0.05, 0.1) is 11.4 Å². The number of amides is 1. The highest BCUT2D eigenvalue weighted by atomic mass is 79.9. The first-order chi connectivity index (χ1) is 16.7. The number of unbranched alkanes of at least 4 members (excludes halogenated alkanes) is 1. The summed E-state index contributed by atoms with van der Waals surface area (Å²) in [6.45, 7) is 3.69. The van der Waals surface area contributed by atoms with E-state index in [9.17, 15) is 4.79 Å². The molecule has 0 aliphatic heterocycles. The number of carbonyl (C=O) groups excluding carboxylic acids is 1. The van der Waals surface area contributed by atoms with E-state index >= 15 is 0 Å². The zero-order valence-corrected chi connectivity index (χ0v) is 21.6. The molecule has 0 saturated carbocycles. The van der Waals surface area contributed by atoms with Crippen LogP contribution in [0.3, 0.4) is 0 Å². The van der Waals surface area contributed by atoms with Gasteiger partial charge >= 0.3 is 0 Å². The van der Waals surface area contributed by atoms with Crippen molar-refractivity contribution in [2.45, 2.75) is 31.5 Å². The van der Waals surface area contributed by atoms with Crippen molar-refractivity contribution in [1.82, 2.24) is 14.9 Å². The number of carbonyl (C=O) groups is 1. The van der Waals surface area contributed by atoms with E-state index < -0.39 is 0 Å². The number of benzene rings is 3. The minimum absolute atomic E-state index is 0.0320. The van der Waals surface area contributed by atoms with Gasteiger partial charge in [0.1, 0.15) is 0 Å². The van der Waals surface area contributed by atoms with Gasteiger partial charge in [-0.25, -0.2) is 4.98 Å². The fourth-order valence-corrected chi connectivity index (χ4v) is 5.31. The Kier molecular flexibility index (Phi) is 8.61. The van der Waals surface area contributed by atoms with E-state index in [2.05, 4.69) is 81.3 Å². The minimum atomic E-state index is -0.0320. The Bertz CT molecular complexity index is 1230. The van der Waals surface area contributed by atoms with Crippen LogP contribution in [0.15, 0.2) is 94.6 Å². The number of halogens is 1. The summed E-state index contributed by atoms with van der Waals surface area (Å²) >= 11 is 5.20. The van der Waals surface area contributed by atoms with Crippen LogP contribution >= 0.6 is 27.7 Å². The standard InChI is InChI=1S/C28H28BrN3OS/c1-2-32-26(22-14-7-4-8-15-22)25(21-12-5-3-6-13-21)31-28(32)34-19-10-9-18-30-27(33)23-16-11-17-24(29)20-23/h3-8,11-17,20H,2,9-10,18-19H2,1H3,(H,30,33). The average molecular weight is 535 g/mol. The van der Waals surface area contributed by atoms with Gasteiger partial charge in [0.15, 0.2) is 5.16 Å². The van der Waals surface area contributed by atoms with Gasteiger partial charge in [-0.15, -0.1) is 0 Å². The van der Waals surface area contributed by atoms with Gasteiger partial charge in [0, 0.05) is 40.0 Å². The van der Waals surface area contributed by atoms with E-state index in [1.54, 1.807) is 11.8 Å². The number of imidazole rings is 1. The van der Waals surface area contributed by atoms with Crippen LogP contribution in [0.5, 0.6) is 0 Å². The minimum Gasteiger partial charge on any atom is -0.352 e. The third kappa shape index (κ3) is 5.99. The largest absolute Gasteiger partial charge is 0.352 e. The van der Waals surface area contributed by atoms with Gasteiger partial charge in [-0.2, -0.15) is 0 Å². The van der Waals surface area contributed by atoms with Crippen molar-refractivity contribution < 1.29 is 4.79 Å². The van der Waals surface area contributed by atoms with E-state index in [1.165, 1.54) is 5.56 Å². The highest BCUT2D eigenvalue weighted by Gasteiger charge is 2.19. The molecule has 34 heavy (non-hydrogen) atoms. The van der Waals surface area contributed by atoms with Crippen LogP contribution in [0.25, 0.3) is 22.5 Å². The van der Waals surface area contributed by atoms with Gasteiger partial charge in [-0.05, 0) is 38.0 Å². The van der Waals surface area contributed by atoms with Gasteiger partial charge in [0.25, 0.3) is 5.91 Å². The second-order valence-electron chi connectivity index (χ2n) is 7.89. The fraction of sp³-hybridized carbons (Fsp3) is 0.214. The first-order valence-electron chi connectivity index (χ1n) is 11.5. The van der Waals surface area contributed by atoms with Crippen LogP contribution < -0.4 is 5.32 Å². The average Bonchev–Trinajstić information content (AvgIpc) is 3.25. The predicted octanol–water partition coefficient (Wildman–Crippen LogP) is 7.30. The van der Waals surface area contributed by atoms with Crippen LogP contribution in [0.1, 0.15) is 30.1 Å². The van der Waals surface area contributed by atoms with E-state index in [-0.39, 0.29) is 5.91 Å². The number of hydrogen-bond donors (Lipinski definition) is 1. The molecule has 1 N–H and O–H groups in total. The zero-order chi connectivity index (χ0) is 23.8. The summed E-state index contributed by atoms with van der Waals surface area (Å²) in [4.78, 5) is 17.4. The predicted molar refractivity (Wildman–Crippen MR) is 145 cm³/mol. The van der Waals surface area contributed by atoms with Crippen molar-refractivity contribution in [3.63, 3.8) is 0 Å². The monoisotopic (exact) mass is 533 g/mol. The lowest BCUT2D eigenvalue weighted by molar-refractivity contribution is 0.0953. The molecule has 4 aromatic rings. The molecule has 0 aliphatic rings. The van der Waals surface area contributed by atoms with E-state index in [1.807, 2.05) is 36.4 Å². The maximum absolute atomic E-state index is 12.3. The molecule has 0 unspecified atom stereocenters. The molecule has 1 amide bonds. The first kappa shape index (κ1) is 24.3. The molecule has 1 aromatic heterocycles. The molecule has 174 valence electrons. The lowest BCUT2D eigenvalue weighted by atomic mass is 10.0. The zero-order valence-electron chi connectivity index (χ0n) is 19.2. The Labute approximate surface area is 213 Å². The molecule has 1 heterocycles.